The number of carbonyl (C=O) groups is 1. The molecule has 1 N–H and O–H groups in total. The van der Waals surface area contributed by atoms with Gasteiger partial charge in [0.25, 0.3) is 3.91 Å². The maximum atomic E-state index is 10.8. The summed E-state index contributed by atoms with van der Waals surface area (Å²) in [6, 6.07) is 0.453. The number of hydrogen-bond acceptors (Lipinski definition) is 1. The van der Waals surface area contributed by atoms with Gasteiger partial charge in [0.1, 0.15) is 0 Å². The fourth-order valence-corrected chi connectivity index (χ4v) is 2.20. The summed E-state index contributed by atoms with van der Waals surface area (Å²) in [5, 5.41) is 3.00. The molecule has 1 aliphatic rings. The Labute approximate surface area is 87.6 Å². The van der Waals surface area contributed by atoms with Gasteiger partial charge in [0.15, 0.2) is 0 Å². The van der Waals surface area contributed by atoms with E-state index in [0.717, 1.165) is 0 Å². The van der Waals surface area contributed by atoms with E-state index >= 15 is 0 Å². The fraction of sp³-hybridized carbons (Fsp3) is 0.889. The van der Waals surface area contributed by atoms with Gasteiger partial charge in [-0.05, 0) is 12.8 Å². The third-order valence-electron chi connectivity index (χ3n) is 2.42. The highest BCUT2D eigenvalue weighted by Crippen LogP contribution is 2.17. The summed E-state index contributed by atoms with van der Waals surface area (Å²) >= 11 is 1.82. The Bertz CT molecular complexity index is 141. The first kappa shape index (κ1) is 10.3. The van der Waals surface area contributed by atoms with Gasteiger partial charge < -0.3 is 5.32 Å². The number of amides is 1. The van der Waals surface area contributed by atoms with E-state index < -0.39 is 0 Å². The highest BCUT2D eigenvalue weighted by Gasteiger charge is 2.11. The lowest BCUT2D eigenvalue weighted by molar-refractivity contribution is 0.256. The van der Waals surface area contributed by atoms with Gasteiger partial charge in [0, 0.05) is 28.6 Å². The highest BCUT2D eigenvalue weighted by atomic mass is 127. The second-order valence-electron chi connectivity index (χ2n) is 3.46. The van der Waals surface area contributed by atoms with Crippen LogP contribution in [0.2, 0.25) is 0 Å². The zero-order chi connectivity index (χ0) is 8.81. The smallest absolute Gasteiger partial charge is 0.280 e. The summed E-state index contributed by atoms with van der Waals surface area (Å²) in [6.45, 7) is 0. The number of nitrogens with one attached hydrogen (secondary N) is 1. The van der Waals surface area contributed by atoms with Gasteiger partial charge in [-0.15, -0.1) is 0 Å². The molecule has 0 aromatic rings. The first-order chi connectivity index (χ1) is 5.79. The molecule has 1 fully saturated rings. The van der Waals surface area contributed by atoms with Gasteiger partial charge >= 0.3 is 0 Å². The van der Waals surface area contributed by atoms with Crippen LogP contribution in [0, 0.1) is 0 Å². The van der Waals surface area contributed by atoms with E-state index in [0.29, 0.717) is 6.04 Å². The Hall–Kier alpha value is 0.200. The molecule has 0 bridgehead atoms. The Morgan fingerprint density at radius 3 is 2.08 bits per heavy atom. The highest BCUT2D eigenvalue weighted by molar-refractivity contribution is 14.1. The zero-order valence-corrected chi connectivity index (χ0v) is 9.47. The van der Waals surface area contributed by atoms with Gasteiger partial charge in [0.05, 0.1) is 0 Å². The van der Waals surface area contributed by atoms with Crippen LogP contribution in [0.3, 0.4) is 0 Å². The molecule has 12 heavy (non-hydrogen) atoms. The molecule has 1 saturated carbocycles. The van der Waals surface area contributed by atoms with Crippen molar-refractivity contribution in [1.82, 2.24) is 5.32 Å². The summed E-state index contributed by atoms with van der Waals surface area (Å²) < 4.78 is 0.0955. The van der Waals surface area contributed by atoms with Crippen LogP contribution in [0.1, 0.15) is 44.9 Å². The largest absolute Gasteiger partial charge is 0.345 e. The number of halogens is 1. The molecule has 0 atom stereocenters. The average Bonchev–Trinajstić information content (AvgIpc) is 1.93. The predicted molar refractivity (Wildman–Crippen MR) is 58.7 cm³/mol. The van der Waals surface area contributed by atoms with E-state index in [9.17, 15) is 4.79 Å². The summed E-state index contributed by atoms with van der Waals surface area (Å²) in [5.41, 5.74) is 0. The maximum absolute atomic E-state index is 10.8. The average molecular weight is 281 g/mol. The summed E-state index contributed by atoms with van der Waals surface area (Å²) in [7, 11) is 0. The maximum Gasteiger partial charge on any atom is 0.280 e. The van der Waals surface area contributed by atoms with Gasteiger partial charge in [-0.1, -0.05) is 32.1 Å². The molecule has 1 amide bonds. The first-order valence-corrected chi connectivity index (χ1v) is 5.83. The van der Waals surface area contributed by atoms with E-state index in [-0.39, 0.29) is 3.91 Å². The minimum atomic E-state index is 0.0955. The summed E-state index contributed by atoms with van der Waals surface area (Å²) in [6.07, 6.45) is 8.97. The molecule has 0 spiro atoms. The molecule has 0 aromatic heterocycles. The van der Waals surface area contributed by atoms with Crippen LogP contribution in [0.4, 0.5) is 4.79 Å². The van der Waals surface area contributed by atoms with Crippen molar-refractivity contribution in [2.45, 2.75) is 51.0 Å². The second-order valence-corrected chi connectivity index (χ2v) is 4.44. The Balaban J connectivity index is 2.24. The van der Waals surface area contributed by atoms with Crippen molar-refractivity contribution < 1.29 is 4.79 Å². The molecular weight excluding hydrogens is 265 g/mol. The van der Waals surface area contributed by atoms with Crippen molar-refractivity contribution in [2.75, 3.05) is 0 Å². The quantitative estimate of drug-likeness (QED) is 0.446. The van der Waals surface area contributed by atoms with Crippen LogP contribution >= 0.6 is 22.6 Å². The van der Waals surface area contributed by atoms with Gasteiger partial charge in [-0.3, -0.25) is 4.79 Å². The van der Waals surface area contributed by atoms with Crippen molar-refractivity contribution in [2.24, 2.45) is 0 Å². The third kappa shape index (κ3) is 4.28. The van der Waals surface area contributed by atoms with Crippen molar-refractivity contribution in [3.63, 3.8) is 0 Å². The molecule has 1 rings (SSSR count). The molecule has 3 heteroatoms. The van der Waals surface area contributed by atoms with Crippen LogP contribution in [-0.4, -0.2) is 9.96 Å². The van der Waals surface area contributed by atoms with Crippen LogP contribution in [0.5, 0.6) is 0 Å². The molecule has 0 unspecified atom stereocenters. The Morgan fingerprint density at radius 1 is 1.08 bits per heavy atom. The molecule has 70 valence electrons. The van der Waals surface area contributed by atoms with E-state index in [2.05, 4.69) is 5.32 Å². The molecule has 2 nitrogen and oxygen atoms in total. The summed E-state index contributed by atoms with van der Waals surface area (Å²) in [5.74, 6) is 0. The molecular formula is C9H16INO. The van der Waals surface area contributed by atoms with Crippen LogP contribution in [0.25, 0.3) is 0 Å². The second kappa shape index (κ2) is 5.78. The van der Waals surface area contributed by atoms with Crippen molar-refractivity contribution in [3.8, 4) is 0 Å². The normalized spacial score (nSPS) is 21.1. The predicted octanol–water partition coefficient (Wildman–Crippen LogP) is 3.24. The first-order valence-electron chi connectivity index (χ1n) is 4.75. The van der Waals surface area contributed by atoms with Crippen LogP contribution in [0.15, 0.2) is 0 Å². The fourth-order valence-electron chi connectivity index (χ4n) is 1.76. The molecule has 0 aliphatic heterocycles. The van der Waals surface area contributed by atoms with Gasteiger partial charge in [0.2, 0.25) is 0 Å². The minimum absolute atomic E-state index is 0.0955. The van der Waals surface area contributed by atoms with Crippen molar-refractivity contribution in [1.29, 1.82) is 0 Å². The Kier molecular flexibility index (Phi) is 4.95. The number of rotatable bonds is 1. The number of carbonyl (C=O) groups excluding carboxylic acids is 1. The van der Waals surface area contributed by atoms with Gasteiger partial charge in [-0.2, -0.15) is 0 Å². The summed E-state index contributed by atoms with van der Waals surface area (Å²) in [4.78, 5) is 10.8. The van der Waals surface area contributed by atoms with E-state index in [4.69, 9.17) is 0 Å². The monoisotopic (exact) mass is 281 g/mol. The van der Waals surface area contributed by atoms with Crippen LogP contribution < -0.4 is 5.32 Å². The van der Waals surface area contributed by atoms with Crippen LogP contribution in [-0.2, 0) is 0 Å². The molecule has 1 aliphatic carbocycles. The molecule has 0 aromatic carbocycles. The van der Waals surface area contributed by atoms with Crippen molar-refractivity contribution >= 4 is 26.5 Å². The lowest BCUT2D eigenvalue weighted by Gasteiger charge is -2.19. The topological polar surface area (TPSA) is 29.1 Å². The van der Waals surface area contributed by atoms with Crippen molar-refractivity contribution in [3.05, 3.63) is 0 Å². The van der Waals surface area contributed by atoms with Gasteiger partial charge in [-0.25, -0.2) is 0 Å². The standard InChI is InChI=1S/C9H16INO/c10-9(12)11-8-6-4-2-1-3-5-7-8/h8H,1-7H2,(H,11,12). The van der Waals surface area contributed by atoms with E-state index in [1.165, 1.54) is 44.9 Å². The van der Waals surface area contributed by atoms with E-state index in [1.54, 1.807) is 0 Å². The minimum Gasteiger partial charge on any atom is -0.345 e. The SMILES string of the molecule is O=C(I)NC1CCCCCCC1. The molecule has 0 heterocycles. The molecule has 0 radical (unpaired) electrons. The van der Waals surface area contributed by atoms with E-state index in [1.807, 2.05) is 22.6 Å². The zero-order valence-electron chi connectivity index (χ0n) is 7.31. The lowest BCUT2D eigenvalue weighted by Crippen LogP contribution is -2.31. The number of hydrogen-bond donors (Lipinski definition) is 1. The lowest BCUT2D eigenvalue weighted by atomic mass is 9.97. The Morgan fingerprint density at radius 2 is 1.58 bits per heavy atom. The molecule has 0 saturated heterocycles. The third-order valence-corrected chi connectivity index (χ3v) is 2.73.